The summed E-state index contributed by atoms with van der Waals surface area (Å²) >= 11 is 5.43. The van der Waals surface area contributed by atoms with E-state index in [-0.39, 0.29) is 0 Å². The fraction of sp³-hybridized carbons (Fsp3) is 0.316. The molecule has 0 radical (unpaired) electrons. The highest BCUT2D eigenvalue weighted by Gasteiger charge is 2.13. The number of hydrogen-bond donors (Lipinski definition) is 2. The van der Waals surface area contributed by atoms with Crippen molar-refractivity contribution in [2.45, 2.75) is 13.8 Å². The van der Waals surface area contributed by atoms with Crippen LogP contribution in [0.15, 0.2) is 36.4 Å². The van der Waals surface area contributed by atoms with E-state index >= 15 is 0 Å². The van der Waals surface area contributed by atoms with Gasteiger partial charge in [-0.15, -0.1) is 0 Å². The minimum absolute atomic E-state index is 0.441. The third kappa shape index (κ3) is 4.49. The highest BCUT2D eigenvalue weighted by Crippen LogP contribution is 2.33. The summed E-state index contributed by atoms with van der Waals surface area (Å²) in [5.41, 5.74) is 1.55. The van der Waals surface area contributed by atoms with Crippen LogP contribution in [-0.2, 0) is 0 Å². The molecule has 7 heteroatoms. The van der Waals surface area contributed by atoms with Gasteiger partial charge in [-0.25, -0.2) is 0 Å². The zero-order chi connectivity index (χ0) is 18.4. The number of nitrogens with one attached hydrogen (secondary N) is 2. The predicted molar refractivity (Wildman–Crippen MR) is 106 cm³/mol. The van der Waals surface area contributed by atoms with Crippen LogP contribution in [0.25, 0.3) is 0 Å². The lowest BCUT2D eigenvalue weighted by molar-refractivity contribution is 0.171. The van der Waals surface area contributed by atoms with E-state index in [9.17, 15) is 0 Å². The normalized spacial score (nSPS) is 12.2. The van der Waals surface area contributed by atoms with E-state index in [1.165, 1.54) is 0 Å². The Hall–Kier alpha value is -2.67. The van der Waals surface area contributed by atoms with E-state index in [0.29, 0.717) is 43.0 Å². The molecule has 0 unspecified atom stereocenters. The lowest BCUT2D eigenvalue weighted by Crippen LogP contribution is -2.20. The van der Waals surface area contributed by atoms with Crippen LogP contribution >= 0.6 is 12.2 Å². The summed E-state index contributed by atoms with van der Waals surface area (Å²) in [6.45, 7) is 6.14. The molecule has 0 atom stereocenters. The minimum Gasteiger partial charge on any atom is -0.494 e. The molecule has 1 aliphatic rings. The van der Waals surface area contributed by atoms with Crippen molar-refractivity contribution in [1.82, 2.24) is 0 Å². The topological polar surface area (TPSA) is 61.0 Å². The fourth-order valence-electron chi connectivity index (χ4n) is 2.55. The number of hydrogen-bond acceptors (Lipinski definition) is 5. The molecule has 3 rings (SSSR count). The van der Waals surface area contributed by atoms with Crippen LogP contribution in [0.2, 0.25) is 0 Å². The van der Waals surface area contributed by atoms with E-state index in [2.05, 4.69) is 10.6 Å². The first-order valence-electron chi connectivity index (χ1n) is 8.57. The quantitative estimate of drug-likeness (QED) is 0.739. The van der Waals surface area contributed by atoms with Crippen LogP contribution < -0.4 is 29.6 Å². The highest BCUT2D eigenvalue weighted by atomic mass is 32.1. The molecule has 0 spiro atoms. The molecule has 6 nitrogen and oxygen atoms in total. The average Bonchev–Trinajstić information content (AvgIpc) is 2.64. The zero-order valence-corrected chi connectivity index (χ0v) is 15.7. The van der Waals surface area contributed by atoms with Crippen molar-refractivity contribution in [3.8, 4) is 23.0 Å². The molecule has 2 N–H and O–H groups in total. The summed E-state index contributed by atoms with van der Waals surface area (Å²) in [7, 11) is 0. The summed E-state index contributed by atoms with van der Waals surface area (Å²) in [6, 6.07) is 11.2. The van der Waals surface area contributed by atoms with Gasteiger partial charge in [-0.1, -0.05) is 0 Å². The van der Waals surface area contributed by atoms with Gasteiger partial charge < -0.3 is 29.6 Å². The maximum atomic E-state index is 5.65. The minimum atomic E-state index is 0.441. The van der Waals surface area contributed by atoms with E-state index in [4.69, 9.17) is 31.2 Å². The summed E-state index contributed by atoms with van der Waals surface area (Å²) in [4.78, 5) is 0. The monoisotopic (exact) mass is 374 g/mol. The standard InChI is InChI=1S/C19H22N2O4S/c1-3-22-14-6-8-16(23-4-2)15(12-14)21-19(26)20-13-5-7-17-18(11-13)25-10-9-24-17/h5-8,11-12H,3-4,9-10H2,1-2H3,(H2,20,21,26). The molecule has 0 aromatic heterocycles. The fourth-order valence-corrected chi connectivity index (χ4v) is 2.78. The largest absolute Gasteiger partial charge is 0.494 e. The Morgan fingerprint density at radius 2 is 1.73 bits per heavy atom. The Bertz CT molecular complexity index is 782. The van der Waals surface area contributed by atoms with Gasteiger partial charge in [-0.2, -0.15) is 0 Å². The number of rotatable bonds is 6. The molecule has 1 aliphatic heterocycles. The number of fused-ring (bicyclic) bond motifs is 1. The van der Waals surface area contributed by atoms with Crippen LogP contribution in [0, 0.1) is 0 Å². The van der Waals surface area contributed by atoms with Gasteiger partial charge in [0.05, 0.1) is 18.9 Å². The molecule has 0 fully saturated rings. The van der Waals surface area contributed by atoms with Gasteiger partial charge in [-0.05, 0) is 50.3 Å². The van der Waals surface area contributed by atoms with Crippen molar-refractivity contribution in [3.63, 3.8) is 0 Å². The molecule has 0 saturated carbocycles. The van der Waals surface area contributed by atoms with Gasteiger partial charge in [-0.3, -0.25) is 0 Å². The summed E-state index contributed by atoms with van der Waals surface area (Å²) < 4.78 is 22.3. The van der Waals surface area contributed by atoms with Gasteiger partial charge in [0.2, 0.25) is 0 Å². The maximum absolute atomic E-state index is 5.65. The zero-order valence-electron chi connectivity index (χ0n) is 14.8. The van der Waals surface area contributed by atoms with Crippen molar-refractivity contribution < 1.29 is 18.9 Å². The number of anilines is 2. The number of thiocarbonyl (C=S) groups is 1. The van der Waals surface area contributed by atoms with E-state index in [1.54, 1.807) is 0 Å². The molecule has 2 aromatic rings. The van der Waals surface area contributed by atoms with E-state index in [1.807, 2.05) is 50.2 Å². The summed E-state index contributed by atoms with van der Waals surface area (Å²) in [5, 5.41) is 6.76. The first-order chi connectivity index (χ1) is 12.7. The van der Waals surface area contributed by atoms with Crippen molar-refractivity contribution in [1.29, 1.82) is 0 Å². The Morgan fingerprint density at radius 3 is 2.50 bits per heavy atom. The molecular weight excluding hydrogens is 352 g/mol. The van der Waals surface area contributed by atoms with Crippen LogP contribution in [-0.4, -0.2) is 31.5 Å². The van der Waals surface area contributed by atoms with Crippen LogP contribution in [0.5, 0.6) is 23.0 Å². The number of ether oxygens (including phenoxy) is 4. The highest BCUT2D eigenvalue weighted by molar-refractivity contribution is 7.80. The molecule has 0 aliphatic carbocycles. The second kappa shape index (κ2) is 8.62. The van der Waals surface area contributed by atoms with E-state index < -0.39 is 0 Å². The second-order valence-electron chi connectivity index (χ2n) is 5.46. The summed E-state index contributed by atoms with van der Waals surface area (Å²) in [5.74, 6) is 2.91. The molecule has 0 bridgehead atoms. The van der Waals surface area contributed by atoms with Gasteiger partial charge in [0.15, 0.2) is 16.6 Å². The second-order valence-corrected chi connectivity index (χ2v) is 5.87. The predicted octanol–water partition coefficient (Wildman–Crippen LogP) is 4.06. The van der Waals surface area contributed by atoms with Crippen molar-refractivity contribution in [3.05, 3.63) is 36.4 Å². The van der Waals surface area contributed by atoms with Gasteiger partial charge >= 0.3 is 0 Å². The molecule has 0 saturated heterocycles. The Labute approximate surface area is 158 Å². The SMILES string of the molecule is CCOc1ccc(OCC)c(NC(=S)Nc2ccc3c(c2)OCCO3)c1. The molecule has 1 heterocycles. The number of benzene rings is 2. The van der Waals surface area contributed by atoms with Gasteiger partial charge in [0.1, 0.15) is 24.7 Å². The van der Waals surface area contributed by atoms with Gasteiger partial charge in [0.25, 0.3) is 0 Å². The van der Waals surface area contributed by atoms with Crippen LogP contribution in [0.1, 0.15) is 13.8 Å². The lowest BCUT2D eigenvalue weighted by Gasteiger charge is -2.20. The Balaban J connectivity index is 1.71. The van der Waals surface area contributed by atoms with Crippen molar-refractivity contribution in [2.75, 3.05) is 37.1 Å². The van der Waals surface area contributed by atoms with E-state index in [0.717, 1.165) is 22.9 Å². The third-order valence-corrected chi connectivity index (χ3v) is 3.81. The van der Waals surface area contributed by atoms with Crippen LogP contribution in [0.3, 0.4) is 0 Å². The third-order valence-electron chi connectivity index (χ3n) is 3.61. The molecule has 2 aromatic carbocycles. The maximum Gasteiger partial charge on any atom is 0.175 e. The van der Waals surface area contributed by atoms with Crippen LogP contribution in [0.4, 0.5) is 11.4 Å². The Morgan fingerprint density at radius 1 is 0.962 bits per heavy atom. The molecule has 138 valence electrons. The smallest absolute Gasteiger partial charge is 0.175 e. The first kappa shape index (κ1) is 18.1. The van der Waals surface area contributed by atoms with Crippen molar-refractivity contribution in [2.24, 2.45) is 0 Å². The first-order valence-corrected chi connectivity index (χ1v) is 8.97. The summed E-state index contributed by atoms with van der Waals surface area (Å²) in [6.07, 6.45) is 0. The molecular formula is C19H22N2O4S. The average molecular weight is 374 g/mol. The molecule has 0 amide bonds. The van der Waals surface area contributed by atoms with Gasteiger partial charge in [0, 0.05) is 17.8 Å². The van der Waals surface area contributed by atoms with Crippen molar-refractivity contribution >= 4 is 28.7 Å². The lowest BCUT2D eigenvalue weighted by atomic mass is 10.2. The molecule has 26 heavy (non-hydrogen) atoms. The Kier molecular flexibility index (Phi) is 6.01.